The van der Waals surface area contributed by atoms with Crippen molar-refractivity contribution in [1.82, 2.24) is 15.5 Å². The smallest absolute Gasteiger partial charge is 0.191 e. The van der Waals surface area contributed by atoms with Crippen molar-refractivity contribution in [2.24, 2.45) is 4.99 Å². The van der Waals surface area contributed by atoms with Gasteiger partial charge in [0.25, 0.3) is 0 Å². The highest BCUT2D eigenvalue weighted by atomic mass is 32.1. The Kier molecular flexibility index (Phi) is 7.07. The fourth-order valence-electron chi connectivity index (χ4n) is 2.81. The van der Waals surface area contributed by atoms with E-state index < -0.39 is 5.60 Å². The van der Waals surface area contributed by atoms with Gasteiger partial charge < -0.3 is 15.7 Å². The zero-order valence-corrected chi connectivity index (χ0v) is 16.2. The predicted molar refractivity (Wildman–Crippen MR) is 103 cm³/mol. The Morgan fingerprint density at radius 1 is 1.46 bits per heavy atom. The molecular formula is C18H32N4OS. The van der Waals surface area contributed by atoms with Gasteiger partial charge in [0.1, 0.15) is 5.60 Å². The number of guanidine groups is 1. The van der Waals surface area contributed by atoms with Crippen LogP contribution >= 0.6 is 11.3 Å². The molecular weight excluding hydrogens is 320 g/mol. The van der Waals surface area contributed by atoms with Gasteiger partial charge in [0.15, 0.2) is 5.96 Å². The van der Waals surface area contributed by atoms with Crippen molar-refractivity contribution in [2.45, 2.75) is 58.2 Å². The first-order valence-electron chi connectivity index (χ1n) is 8.98. The Balaban J connectivity index is 1.86. The van der Waals surface area contributed by atoms with Crippen LogP contribution in [0, 0.1) is 0 Å². The molecule has 1 aliphatic carbocycles. The highest BCUT2D eigenvalue weighted by molar-refractivity contribution is 7.10. The van der Waals surface area contributed by atoms with E-state index in [2.05, 4.69) is 41.3 Å². The lowest BCUT2D eigenvalue weighted by molar-refractivity contribution is 0.0711. The summed E-state index contributed by atoms with van der Waals surface area (Å²) in [5.41, 5.74) is -0.922. The van der Waals surface area contributed by atoms with E-state index in [0.29, 0.717) is 12.6 Å². The minimum Gasteiger partial charge on any atom is -0.383 e. The third-order valence-electron chi connectivity index (χ3n) is 4.28. The number of thiophene rings is 1. The molecule has 0 bridgehead atoms. The SMILES string of the molecule is CCNC(=NCC(C)(O)c1cccs1)NCCN(C(C)C)C1CC1. The normalized spacial score (nSPS) is 18.0. The molecule has 136 valence electrons. The Hall–Kier alpha value is -1.11. The van der Waals surface area contributed by atoms with Crippen LogP contribution in [0.2, 0.25) is 0 Å². The van der Waals surface area contributed by atoms with Crippen molar-refractivity contribution in [2.75, 3.05) is 26.2 Å². The largest absolute Gasteiger partial charge is 0.383 e. The lowest BCUT2D eigenvalue weighted by Crippen LogP contribution is -2.44. The lowest BCUT2D eigenvalue weighted by Gasteiger charge is -2.27. The molecule has 6 heteroatoms. The van der Waals surface area contributed by atoms with Gasteiger partial charge in [-0.25, -0.2) is 4.99 Å². The summed E-state index contributed by atoms with van der Waals surface area (Å²) in [5.74, 6) is 0.772. The quantitative estimate of drug-likeness (QED) is 0.472. The molecule has 5 nitrogen and oxygen atoms in total. The number of hydrogen-bond acceptors (Lipinski definition) is 4. The van der Waals surface area contributed by atoms with E-state index in [0.717, 1.165) is 36.5 Å². The Labute approximate surface area is 150 Å². The van der Waals surface area contributed by atoms with Crippen molar-refractivity contribution in [1.29, 1.82) is 0 Å². The molecule has 1 aromatic rings. The number of aliphatic hydroxyl groups is 1. The van der Waals surface area contributed by atoms with Crippen LogP contribution < -0.4 is 10.6 Å². The fraction of sp³-hybridized carbons (Fsp3) is 0.722. The van der Waals surface area contributed by atoms with Crippen molar-refractivity contribution in [3.05, 3.63) is 22.4 Å². The lowest BCUT2D eigenvalue weighted by atomic mass is 10.1. The van der Waals surface area contributed by atoms with Crippen molar-refractivity contribution in [3.8, 4) is 0 Å². The maximum Gasteiger partial charge on any atom is 0.191 e. The molecule has 24 heavy (non-hydrogen) atoms. The number of hydrogen-bond donors (Lipinski definition) is 3. The van der Waals surface area contributed by atoms with E-state index in [9.17, 15) is 5.11 Å². The zero-order valence-electron chi connectivity index (χ0n) is 15.4. The highest BCUT2D eigenvalue weighted by Gasteiger charge is 2.30. The first-order chi connectivity index (χ1) is 11.4. The van der Waals surface area contributed by atoms with Crippen LogP contribution in [-0.4, -0.2) is 54.2 Å². The molecule has 1 aliphatic rings. The monoisotopic (exact) mass is 352 g/mol. The van der Waals surface area contributed by atoms with Gasteiger partial charge in [-0.1, -0.05) is 6.07 Å². The third-order valence-corrected chi connectivity index (χ3v) is 5.41. The van der Waals surface area contributed by atoms with Crippen LogP contribution in [0.5, 0.6) is 0 Å². The van der Waals surface area contributed by atoms with Crippen molar-refractivity contribution < 1.29 is 5.11 Å². The molecule has 0 aliphatic heterocycles. The number of aliphatic imine (C=N–C) groups is 1. The van der Waals surface area contributed by atoms with Crippen LogP contribution in [0.25, 0.3) is 0 Å². The van der Waals surface area contributed by atoms with E-state index >= 15 is 0 Å². The summed E-state index contributed by atoms with van der Waals surface area (Å²) in [6.45, 7) is 11.4. The predicted octanol–water partition coefficient (Wildman–Crippen LogP) is 2.38. The minimum atomic E-state index is -0.922. The van der Waals surface area contributed by atoms with Gasteiger partial charge in [0, 0.05) is 36.6 Å². The van der Waals surface area contributed by atoms with Crippen molar-refractivity contribution in [3.63, 3.8) is 0 Å². The van der Waals surface area contributed by atoms with E-state index in [1.54, 1.807) is 11.3 Å². The average molecular weight is 353 g/mol. The van der Waals surface area contributed by atoms with Gasteiger partial charge in [-0.15, -0.1) is 11.3 Å². The molecule has 1 heterocycles. The van der Waals surface area contributed by atoms with E-state index in [1.807, 2.05) is 24.4 Å². The number of rotatable bonds is 9. The molecule has 0 spiro atoms. The summed E-state index contributed by atoms with van der Waals surface area (Å²) < 4.78 is 0. The first-order valence-corrected chi connectivity index (χ1v) is 9.86. The second kappa shape index (κ2) is 8.83. The summed E-state index contributed by atoms with van der Waals surface area (Å²) >= 11 is 1.56. The molecule has 1 atom stereocenters. The van der Waals surface area contributed by atoms with E-state index in [4.69, 9.17) is 0 Å². The molecule has 1 saturated carbocycles. The topological polar surface area (TPSA) is 59.9 Å². The summed E-state index contributed by atoms with van der Waals surface area (Å²) in [6, 6.07) is 5.26. The molecule has 0 amide bonds. The molecule has 0 saturated heterocycles. The van der Waals surface area contributed by atoms with Gasteiger partial charge in [-0.2, -0.15) is 0 Å². The maximum atomic E-state index is 10.6. The number of nitrogens with one attached hydrogen (secondary N) is 2. The van der Waals surface area contributed by atoms with Crippen LogP contribution in [0.1, 0.15) is 45.4 Å². The van der Waals surface area contributed by atoms with Gasteiger partial charge in [-0.05, 0) is 52.0 Å². The summed E-state index contributed by atoms with van der Waals surface area (Å²) in [6.07, 6.45) is 2.66. The second-order valence-corrected chi connectivity index (χ2v) is 7.88. The van der Waals surface area contributed by atoms with Gasteiger partial charge in [0.05, 0.1) is 6.54 Å². The third kappa shape index (κ3) is 5.76. The molecule has 0 radical (unpaired) electrons. The Morgan fingerprint density at radius 2 is 2.21 bits per heavy atom. The highest BCUT2D eigenvalue weighted by Crippen LogP contribution is 2.28. The summed E-state index contributed by atoms with van der Waals surface area (Å²) in [4.78, 5) is 8.08. The molecule has 1 unspecified atom stereocenters. The Bertz CT molecular complexity index is 507. The zero-order chi connectivity index (χ0) is 17.6. The molecule has 1 fully saturated rings. The summed E-state index contributed by atoms with van der Waals surface area (Å²) in [7, 11) is 0. The van der Waals surface area contributed by atoms with Gasteiger partial charge in [-0.3, -0.25) is 4.90 Å². The van der Waals surface area contributed by atoms with Gasteiger partial charge >= 0.3 is 0 Å². The van der Waals surface area contributed by atoms with E-state index in [-0.39, 0.29) is 0 Å². The van der Waals surface area contributed by atoms with Crippen molar-refractivity contribution >= 4 is 17.3 Å². The van der Waals surface area contributed by atoms with Crippen LogP contribution in [0.3, 0.4) is 0 Å². The van der Waals surface area contributed by atoms with Crippen LogP contribution in [0.15, 0.2) is 22.5 Å². The fourth-order valence-corrected chi connectivity index (χ4v) is 3.59. The standard InChI is InChI=1S/C18H32N4OS/c1-5-19-17(20-10-11-22(14(2)3)15-8-9-15)21-13-18(4,23)16-7-6-12-24-16/h6-7,12,14-15,23H,5,8-11,13H2,1-4H3,(H2,19,20,21). The average Bonchev–Trinajstić information content (AvgIpc) is 3.19. The molecule has 0 aromatic carbocycles. The second-order valence-electron chi connectivity index (χ2n) is 6.94. The van der Waals surface area contributed by atoms with E-state index in [1.165, 1.54) is 12.8 Å². The molecule has 1 aromatic heterocycles. The minimum absolute atomic E-state index is 0.347. The number of nitrogens with zero attached hydrogens (tertiary/aromatic N) is 2. The van der Waals surface area contributed by atoms with Crippen LogP contribution in [-0.2, 0) is 5.60 Å². The van der Waals surface area contributed by atoms with Crippen LogP contribution in [0.4, 0.5) is 0 Å². The maximum absolute atomic E-state index is 10.6. The molecule has 2 rings (SSSR count). The van der Waals surface area contributed by atoms with Gasteiger partial charge in [0.2, 0.25) is 0 Å². The molecule has 3 N–H and O–H groups in total. The Morgan fingerprint density at radius 3 is 2.75 bits per heavy atom. The summed E-state index contributed by atoms with van der Waals surface area (Å²) in [5, 5.41) is 19.2. The first kappa shape index (κ1) is 19.2.